The van der Waals surface area contributed by atoms with Gasteiger partial charge in [0.25, 0.3) is 0 Å². The molecule has 0 aliphatic heterocycles. The van der Waals surface area contributed by atoms with Crippen molar-refractivity contribution in [3.05, 3.63) is 24.3 Å². The number of ether oxygens (including phenoxy) is 1. The van der Waals surface area contributed by atoms with Gasteiger partial charge in [-0.15, -0.1) is 0 Å². The summed E-state index contributed by atoms with van der Waals surface area (Å²) in [5, 5.41) is 10.9. The third kappa shape index (κ3) is 5.25. The molecular formula is C16H25N3O6S. The number of methoxy groups -OCH3 is 1. The summed E-state index contributed by atoms with van der Waals surface area (Å²) in [7, 11) is -2.66. The van der Waals surface area contributed by atoms with Crippen LogP contribution >= 0.6 is 0 Å². The van der Waals surface area contributed by atoms with Gasteiger partial charge >= 0.3 is 16.3 Å². The Balaban J connectivity index is 3.05. The number of anilines is 1. The molecule has 1 aromatic carbocycles. The number of carbonyl (C=O) groups excluding carboxylic acids is 1. The summed E-state index contributed by atoms with van der Waals surface area (Å²) >= 11 is 0. The van der Waals surface area contributed by atoms with E-state index in [0.717, 1.165) is 0 Å². The van der Waals surface area contributed by atoms with Gasteiger partial charge in [-0.2, -0.15) is 8.42 Å². The Bertz CT molecular complexity index is 735. The summed E-state index contributed by atoms with van der Waals surface area (Å²) in [6.45, 7) is 4.47. The predicted molar refractivity (Wildman–Crippen MR) is 97.3 cm³/mol. The average molecular weight is 387 g/mol. The summed E-state index contributed by atoms with van der Waals surface area (Å²) in [6.07, 6.45) is -1.01. The minimum Gasteiger partial charge on any atom is -0.497 e. The second kappa shape index (κ2) is 8.75. The molecule has 9 nitrogen and oxygen atoms in total. The summed E-state index contributed by atoms with van der Waals surface area (Å²) in [6, 6.07) is 6.20. The van der Waals surface area contributed by atoms with Gasteiger partial charge in [0.05, 0.1) is 18.2 Å². The monoisotopic (exact) mass is 387 g/mol. The Morgan fingerprint density at radius 1 is 1.23 bits per heavy atom. The first-order valence-electron chi connectivity index (χ1n) is 8.05. The number of carboxylic acid groups (broad SMARTS) is 1. The first kappa shape index (κ1) is 21.6. The number of rotatable bonds is 9. The highest BCUT2D eigenvalue weighted by molar-refractivity contribution is 7.90. The zero-order valence-electron chi connectivity index (χ0n) is 15.3. The minimum absolute atomic E-state index is 0.0903. The third-order valence-electron chi connectivity index (χ3n) is 4.07. The lowest BCUT2D eigenvalue weighted by Gasteiger charge is -2.32. The second-order valence-corrected chi connectivity index (χ2v) is 7.47. The standard InChI is InChI=1S/C16H25N3O6S/c1-5-16(3,11-17-15(21)22)14(20)19(6-2)26(23,24)18-12-7-9-13(25-4)10-8-12/h7-10,17-18H,5-6,11H2,1-4H3,(H,21,22). The summed E-state index contributed by atoms with van der Waals surface area (Å²) in [5.41, 5.74) is -0.915. The Hall–Kier alpha value is -2.49. The van der Waals surface area contributed by atoms with Gasteiger partial charge < -0.3 is 15.2 Å². The molecule has 2 amide bonds. The van der Waals surface area contributed by atoms with Crippen molar-refractivity contribution in [3.63, 3.8) is 0 Å². The normalized spacial score (nSPS) is 13.4. The van der Waals surface area contributed by atoms with Crippen molar-refractivity contribution < 1.29 is 27.9 Å². The van der Waals surface area contributed by atoms with Gasteiger partial charge in [-0.3, -0.25) is 9.52 Å². The second-order valence-electron chi connectivity index (χ2n) is 5.88. The van der Waals surface area contributed by atoms with Gasteiger partial charge in [0, 0.05) is 13.1 Å². The van der Waals surface area contributed by atoms with E-state index in [-0.39, 0.29) is 25.2 Å². The number of hydrogen-bond donors (Lipinski definition) is 3. The van der Waals surface area contributed by atoms with E-state index in [1.54, 1.807) is 19.1 Å². The fourth-order valence-corrected chi connectivity index (χ4v) is 3.53. The Morgan fingerprint density at radius 3 is 2.23 bits per heavy atom. The maximum atomic E-state index is 12.8. The van der Waals surface area contributed by atoms with Gasteiger partial charge in [-0.25, -0.2) is 9.10 Å². The van der Waals surface area contributed by atoms with Crippen LogP contribution in [0.1, 0.15) is 27.2 Å². The molecule has 146 valence electrons. The van der Waals surface area contributed by atoms with E-state index >= 15 is 0 Å². The van der Waals surface area contributed by atoms with Gasteiger partial charge in [-0.05, 0) is 44.5 Å². The molecule has 1 aromatic rings. The van der Waals surface area contributed by atoms with Gasteiger partial charge in [-0.1, -0.05) is 6.92 Å². The molecule has 0 aromatic heterocycles. The largest absolute Gasteiger partial charge is 0.497 e. The average Bonchev–Trinajstić information content (AvgIpc) is 2.60. The number of nitrogens with zero attached hydrogens (tertiary/aromatic N) is 1. The summed E-state index contributed by atoms with van der Waals surface area (Å²) < 4.78 is 33.4. The van der Waals surface area contributed by atoms with Crippen LogP contribution in [0.15, 0.2) is 24.3 Å². The Morgan fingerprint density at radius 2 is 1.81 bits per heavy atom. The fourth-order valence-electron chi connectivity index (χ4n) is 2.21. The molecule has 0 aliphatic rings. The molecule has 3 N–H and O–H groups in total. The predicted octanol–water partition coefficient (Wildman–Crippen LogP) is 1.88. The molecule has 0 saturated heterocycles. The molecule has 0 aliphatic carbocycles. The first-order valence-corrected chi connectivity index (χ1v) is 9.49. The highest BCUT2D eigenvalue weighted by Crippen LogP contribution is 2.26. The number of nitrogens with one attached hydrogen (secondary N) is 2. The number of benzene rings is 1. The van der Waals surface area contributed by atoms with Crippen molar-refractivity contribution in [2.75, 3.05) is 24.9 Å². The fraction of sp³-hybridized carbons (Fsp3) is 0.500. The maximum Gasteiger partial charge on any atom is 0.404 e. The molecule has 1 unspecified atom stereocenters. The van der Waals surface area contributed by atoms with Crippen molar-refractivity contribution in [1.29, 1.82) is 0 Å². The van der Waals surface area contributed by atoms with Gasteiger partial charge in [0.15, 0.2) is 0 Å². The molecular weight excluding hydrogens is 362 g/mol. The quantitative estimate of drug-likeness (QED) is 0.594. The van der Waals surface area contributed by atoms with Crippen LogP contribution in [-0.2, 0) is 15.0 Å². The summed E-state index contributed by atoms with van der Waals surface area (Å²) in [5.74, 6) is -0.119. The van der Waals surface area contributed by atoms with Crippen LogP contribution in [-0.4, -0.2) is 50.0 Å². The van der Waals surface area contributed by atoms with E-state index in [1.807, 2.05) is 0 Å². The molecule has 0 heterocycles. The van der Waals surface area contributed by atoms with Crippen molar-refractivity contribution in [2.24, 2.45) is 5.41 Å². The van der Waals surface area contributed by atoms with Crippen LogP contribution in [0.25, 0.3) is 0 Å². The SMILES string of the molecule is CCN(C(=O)C(C)(CC)CNC(=O)O)S(=O)(=O)Nc1ccc(OC)cc1. The highest BCUT2D eigenvalue weighted by Gasteiger charge is 2.39. The van der Waals surface area contributed by atoms with E-state index in [2.05, 4.69) is 10.0 Å². The van der Waals surface area contributed by atoms with Crippen LogP contribution < -0.4 is 14.8 Å². The number of hydrogen-bond acceptors (Lipinski definition) is 5. The van der Waals surface area contributed by atoms with Crippen molar-refractivity contribution in [2.45, 2.75) is 27.2 Å². The van der Waals surface area contributed by atoms with Crippen LogP contribution in [0.5, 0.6) is 5.75 Å². The summed E-state index contributed by atoms with van der Waals surface area (Å²) in [4.78, 5) is 23.6. The van der Waals surface area contributed by atoms with E-state index in [0.29, 0.717) is 10.1 Å². The third-order valence-corrected chi connectivity index (χ3v) is 5.57. The lowest BCUT2D eigenvalue weighted by molar-refractivity contribution is -0.135. The van der Waals surface area contributed by atoms with Crippen LogP contribution in [0.4, 0.5) is 10.5 Å². The van der Waals surface area contributed by atoms with E-state index in [4.69, 9.17) is 9.84 Å². The molecule has 0 radical (unpaired) electrons. The topological polar surface area (TPSA) is 125 Å². The van der Waals surface area contributed by atoms with E-state index in [9.17, 15) is 18.0 Å². The lowest BCUT2D eigenvalue weighted by atomic mass is 9.86. The Labute approximate surface area is 153 Å². The number of amides is 2. The molecule has 0 fully saturated rings. The van der Waals surface area contributed by atoms with E-state index in [1.165, 1.54) is 33.1 Å². The van der Waals surface area contributed by atoms with E-state index < -0.39 is 27.6 Å². The highest BCUT2D eigenvalue weighted by atomic mass is 32.2. The van der Waals surface area contributed by atoms with Crippen LogP contribution in [0.2, 0.25) is 0 Å². The van der Waals surface area contributed by atoms with Gasteiger partial charge in [0.1, 0.15) is 5.75 Å². The maximum absolute atomic E-state index is 12.8. The van der Waals surface area contributed by atoms with Crippen molar-refractivity contribution >= 4 is 27.9 Å². The minimum atomic E-state index is -4.16. The lowest BCUT2D eigenvalue weighted by Crippen LogP contribution is -2.51. The smallest absolute Gasteiger partial charge is 0.404 e. The molecule has 10 heteroatoms. The number of carbonyl (C=O) groups is 2. The molecule has 1 atom stereocenters. The van der Waals surface area contributed by atoms with Crippen molar-refractivity contribution in [1.82, 2.24) is 9.62 Å². The zero-order chi connectivity index (χ0) is 20.0. The van der Waals surface area contributed by atoms with Gasteiger partial charge in [0.2, 0.25) is 5.91 Å². The molecule has 0 spiro atoms. The van der Waals surface area contributed by atoms with Crippen molar-refractivity contribution in [3.8, 4) is 5.75 Å². The molecule has 26 heavy (non-hydrogen) atoms. The first-order chi connectivity index (χ1) is 12.1. The molecule has 0 saturated carbocycles. The Kier molecular flexibility index (Phi) is 7.25. The zero-order valence-corrected chi connectivity index (χ0v) is 16.1. The molecule has 0 bridgehead atoms. The van der Waals surface area contributed by atoms with Crippen LogP contribution in [0.3, 0.4) is 0 Å². The van der Waals surface area contributed by atoms with Crippen LogP contribution in [0, 0.1) is 5.41 Å². The molecule has 1 rings (SSSR count).